The topological polar surface area (TPSA) is 17.1 Å². The Morgan fingerprint density at radius 3 is 2.27 bits per heavy atom. The van der Waals surface area contributed by atoms with Gasteiger partial charge in [-0.1, -0.05) is 38.1 Å². The van der Waals surface area contributed by atoms with Gasteiger partial charge < -0.3 is 0 Å². The Balaban J connectivity index is 2.04. The van der Waals surface area contributed by atoms with Crippen LogP contribution < -0.4 is 0 Å². The highest BCUT2D eigenvalue weighted by molar-refractivity contribution is 5.82. The fourth-order valence-electron chi connectivity index (χ4n) is 2.36. The van der Waals surface area contributed by atoms with Gasteiger partial charge in [-0.05, 0) is 29.9 Å². The minimum Gasteiger partial charge on any atom is -0.299 e. The average Bonchev–Trinajstić information content (AvgIpc) is 2.59. The molecule has 15 heavy (non-hydrogen) atoms. The highest BCUT2D eigenvalue weighted by atomic mass is 16.1. The summed E-state index contributed by atoms with van der Waals surface area (Å²) in [4.78, 5) is 11.9. The average molecular weight is 202 g/mol. The molecule has 0 bridgehead atoms. The maximum Gasteiger partial charge on any atom is 0.136 e. The highest BCUT2D eigenvalue weighted by Crippen LogP contribution is 2.28. The van der Waals surface area contributed by atoms with Crippen molar-refractivity contribution >= 4 is 5.78 Å². The van der Waals surface area contributed by atoms with Gasteiger partial charge in [0.15, 0.2) is 0 Å². The molecule has 0 aromatic heterocycles. The molecule has 0 atom stereocenters. The van der Waals surface area contributed by atoms with E-state index in [9.17, 15) is 4.79 Å². The Morgan fingerprint density at radius 1 is 1.27 bits per heavy atom. The van der Waals surface area contributed by atoms with Gasteiger partial charge in [0.05, 0.1) is 0 Å². The van der Waals surface area contributed by atoms with Gasteiger partial charge in [0.2, 0.25) is 0 Å². The van der Waals surface area contributed by atoms with E-state index < -0.39 is 0 Å². The highest BCUT2D eigenvalue weighted by Gasteiger charge is 2.26. The number of rotatable bonds is 3. The first-order chi connectivity index (χ1) is 7.16. The molecule has 1 aromatic rings. The molecule has 0 spiro atoms. The number of hydrogen-bond donors (Lipinski definition) is 0. The largest absolute Gasteiger partial charge is 0.299 e. The Hall–Kier alpha value is -1.11. The third-order valence-corrected chi connectivity index (χ3v) is 3.12. The second-order valence-electron chi connectivity index (χ2n) is 4.94. The molecule has 0 N–H and O–H groups in total. The molecule has 0 radical (unpaired) electrons. The van der Waals surface area contributed by atoms with Crippen molar-refractivity contribution in [2.24, 2.45) is 11.8 Å². The zero-order chi connectivity index (χ0) is 10.8. The van der Waals surface area contributed by atoms with Crippen molar-refractivity contribution in [3.63, 3.8) is 0 Å². The van der Waals surface area contributed by atoms with E-state index >= 15 is 0 Å². The van der Waals surface area contributed by atoms with Gasteiger partial charge in [-0.15, -0.1) is 0 Å². The minimum atomic E-state index is 0.254. The minimum absolute atomic E-state index is 0.254. The third-order valence-electron chi connectivity index (χ3n) is 3.12. The third kappa shape index (κ3) is 2.28. The maximum atomic E-state index is 11.9. The standard InChI is InChI=1S/C14H18O/c1-10(2)7-14(15)13-8-11-5-3-4-6-12(11)9-13/h3-6,10,13H,7-9H2,1-2H3. The number of hydrogen-bond acceptors (Lipinski definition) is 1. The second kappa shape index (κ2) is 4.18. The first kappa shape index (κ1) is 10.4. The van der Waals surface area contributed by atoms with Gasteiger partial charge in [0.1, 0.15) is 5.78 Å². The van der Waals surface area contributed by atoms with Crippen LogP contribution in [0.15, 0.2) is 24.3 Å². The van der Waals surface area contributed by atoms with Gasteiger partial charge in [-0.2, -0.15) is 0 Å². The first-order valence-corrected chi connectivity index (χ1v) is 5.76. The summed E-state index contributed by atoms with van der Waals surface area (Å²) in [5.41, 5.74) is 2.75. The quantitative estimate of drug-likeness (QED) is 0.736. The normalized spacial score (nSPS) is 15.7. The molecular weight excluding hydrogens is 184 g/mol. The summed E-state index contributed by atoms with van der Waals surface area (Å²) in [5.74, 6) is 1.19. The molecule has 0 saturated carbocycles. The van der Waals surface area contributed by atoms with Crippen molar-refractivity contribution in [1.82, 2.24) is 0 Å². The van der Waals surface area contributed by atoms with Crippen molar-refractivity contribution in [3.8, 4) is 0 Å². The predicted octanol–water partition coefficient (Wildman–Crippen LogP) is 3.02. The van der Waals surface area contributed by atoms with Crippen LogP contribution in [0.25, 0.3) is 0 Å². The smallest absolute Gasteiger partial charge is 0.136 e. The number of ketones is 1. The summed E-state index contributed by atoms with van der Waals surface area (Å²) in [6, 6.07) is 8.43. The molecule has 80 valence electrons. The lowest BCUT2D eigenvalue weighted by molar-refractivity contribution is -0.123. The number of carbonyl (C=O) groups is 1. The van der Waals surface area contributed by atoms with Gasteiger partial charge >= 0.3 is 0 Å². The van der Waals surface area contributed by atoms with E-state index in [1.165, 1.54) is 11.1 Å². The van der Waals surface area contributed by atoms with Crippen molar-refractivity contribution in [1.29, 1.82) is 0 Å². The number of carbonyl (C=O) groups excluding carboxylic acids is 1. The molecule has 1 nitrogen and oxygen atoms in total. The van der Waals surface area contributed by atoms with Gasteiger partial charge in [-0.25, -0.2) is 0 Å². The zero-order valence-electron chi connectivity index (χ0n) is 9.49. The van der Waals surface area contributed by atoms with Crippen LogP contribution in [0, 0.1) is 11.8 Å². The molecule has 1 aliphatic rings. The van der Waals surface area contributed by atoms with Crippen molar-refractivity contribution < 1.29 is 4.79 Å². The molecule has 0 saturated heterocycles. The Labute approximate surface area is 91.5 Å². The summed E-state index contributed by atoms with van der Waals surface area (Å²) >= 11 is 0. The Morgan fingerprint density at radius 2 is 1.80 bits per heavy atom. The van der Waals surface area contributed by atoms with Crippen LogP contribution in [-0.2, 0) is 17.6 Å². The van der Waals surface area contributed by atoms with E-state index in [0.29, 0.717) is 11.7 Å². The molecule has 1 aliphatic carbocycles. The van der Waals surface area contributed by atoms with Crippen LogP contribution in [0.1, 0.15) is 31.4 Å². The SMILES string of the molecule is CC(C)CC(=O)C1Cc2ccccc2C1. The van der Waals surface area contributed by atoms with Gasteiger partial charge in [-0.3, -0.25) is 4.79 Å². The van der Waals surface area contributed by atoms with Gasteiger partial charge in [0.25, 0.3) is 0 Å². The molecule has 0 amide bonds. The van der Waals surface area contributed by atoms with Crippen molar-refractivity contribution in [2.45, 2.75) is 33.1 Å². The summed E-state index contributed by atoms with van der Waals surface area (Å²) in [6.45, 7) is 4.22. The molecule has 2 rings (SSSR count). The fourth-order valence-corrected chi connectivity index (χ4v) is 2.36. The summed E-state index contributed by atoms with van der Waals surface area (Å²) in [6.07, 6.45) is 2.65. The van der Waals surface area contributed by atoms with E-state index in [0.717, 1.165) is 19.3 Å². The fraction of sp³-hybridized carbons (Fsp3) is 0.500. The van der Waals surface area contributed by atoms with Crippen LogP contribution in [0.2, 0.25) is 0 Å². The number of benzene rings is 1. The van der Waals surface area contributed by atoms with E-state index in [1.807, 2.05) is 0 Å². The second-order valence-corrected chi connectivity index (χ2v) is 4.94. The predicted molar refractivity (Wildman–Crippen MR) is 61.8 cm³/mol. The number of Topliss-reactive ketones (excluding diaryl/α,β-unsaturated/α-hetero) is 1. The molecule has 1 aromatic carbocycles. The lowest BCUT2D eigenvalue weighted by atomic mass is 9.94. The lowest BCUT2D eigenvalue weighted by Crippen LogP contribution is -2.16. The van der Waals surface area contributed by atoms with Crippen LogP contribution in [-0.4, -0.2) is 5.78 Å². The summed E-state index contributed by atoms with van der Waals surface area (Å²) in [5, 5.41) is 0. The maximum absolute atomic E-state index is 11.9. The lowest BCUT2D eigenvalue weighted by Gasteiger charge is -2.09. The van der Waals surface area contributed by atoms with Crippen molar-refractivity contribution in [3.05, 3.63) is 35.4 Å². The van der Waals surface area contributed by atoms with E-state index in [1.54, 1.807) is 0 Å². The number of fused-ring (bicyclic) bond motifs is 1. The summed E-state index contributed by atoms with van der Waals surface area (Å²) < 4.78 is 0. The Kier molecular flexibility index (Phi) is 2.90. The molecule has 0 aliphatic heterocycles. The van der Waals surface area contributed by atoms with Crippen LogP contribution in [0.3, 0.4) is 0 Å². The van der Waals surface area contributed by atoms with Crippen molar-refractivity contribution in [2.75, 3.05) is 0 Å². The molecule has 0 unspecified atom stereocenters. The van der Waals surface area contributed by atoms with E-state index in [-0.39, 0.29) is 5.92 Å². The van der Waals surface area contributed by atoms with E-state index in [2.05, 4.69) is 38.1 Å². The Bertz CT molecular complexity index is 340. The van der Waals surface area contributed by atoms with Crippen LogP contribution in [0.4, 0.5) is 0 Å². The van der Waals surface area contributed by atoms with Crippen LogP contribution >= 0.6 is 0 Å². The first-order valence-electron chi connectivity index (χ1n) is 5.76. The molecular formula is C14H18O. The summed E-state index contributed by atoms with van der Waals surface area (Å²) in [7, 11) is 0. The molecule has 0 heterocycles. The van der Waals surface area contributed by atoms with Gasteiger partial charge in [0, 0.05) is 12.3 Å². The monoisotopic (exact) mass is 202 g/mol. The molecule has 0 fully saturated rings. The van der Waals surface area contributed by atoms with Crippen LogP contribution in [0.5, 0.6) is 0 Å². The zero-order valence-corrected chi connectivity index (χ0v) is 9.49. The van der Waals surface area contributed by atoms with E-state index in [4.69, 9.17) is 0 Å². The molecule has 1 heteroatoms.